The van der Waals surface area contributed by atoms with Gasteiger partial charge in [-0.1, -0.05) is 23.7 Å². The van der Waals surface area contributed by atoms with Crippen molar-refractivity contribution in [2.75, 3.05) is 18.6 Å². The molecule has 1 heterocycles. The van der Waals surface area contributed by atoms with E-state index in [1.54, 1.807) is 37.9 Å². The van der Waals surface area contributed by atoms with Gasteiger partial charge in [-0.05, 0) is 30.5 Å². The molecule has 2 rings (SSSR count). The number of hydrogen-bond acceptors (Lipinski definition) is 4. The first-order valence-corrected chi connectivity index (χ1v) is 7.70. The maximum Gasteiger partial charge on any atom is 0.422 e. The van der Waals surface area contributed by atoms with Crippen molar-refractivity contribution in [2.45, 2.75) is 26.6 Å². The zero-order chi connectivity index (χ0) is 18.8. The smallest absolute Gasteiger partial charge is 0.422 e. The van der Waals surface area contributed by atoms with E-state index in [1.165, 1.54) is 6.20 Å². The van der Waals surface area contributed by atoms with Crippen LogP contribution in [0, 0.1) is 13.8 Å². The Morgan fingerprint density at radius 3 is 2.44 bits per heavy atom. The van der Waals surface area contributed by atoms with E-state index < -0.39 is 18.3 Å². The van der Waals surface area contributed by atoms with Crippen LogP contribution in [-0.2, 0) is 6.54 Å². The second kappa shape index (κ2) is 7.35. The molecular weight excluding hydrogens is 359 g/mol. The second-order valence-electron chi connectivity index (χ2n) is 5.72. The van der Waals surface area contributed by atoms with Crippen molar-refractivity contribution in [1.82, 2.24) is 10.2 Å². The third kappa shape index (κ3) is 4.88. The van der Waals surface area contributed by atoms with Gasteiger partial charge in [0.15, 0.2) is 6.61 Å². The fourth-order valence-electron chi connectivity index (χ4n) is 2.51. The molecule has 1 aromatic heterocycles. The van der Waals surface area contributed by atoms with Crippen LogP contribution in [0.25, 0.3) is 0 Å². The molecule has 2 aromatic rings. The summed E-state index contributed by atoms with van der Waals surface area (Å²) in [6.07, 6.45) is -2.95. The molecule has 0 amide bonds. The molecule has 25 heavy (non-hydrogen) atoms. The van der Waals surface area contributed by atoms with Gasteiger partial charge in [-0.2, -0.15) is 18.3 Å². The third-order valence-corrected chi connectivity index (χ3v) is 3.87. The summed E-state index contributed by atoms with van der Waals surface area (Å²) >= 11 is 5.97. The van der Waals surface area contributed by atoms with Gasteiger partial charge in [-0.15, -0.1) is 0 Å². The van der Waals surface area contributed by atoms with Crippen LogP contribution in [0.15, 0.2) is 23.1 Å². The molecule has 0 atom stereocenters. The van der Waals surface area contributed by atoms with Gasteiger partial charge in [0, 0.05) is 13.6 Å². The molecule has 0 aliphatic rings. The van der Waals surface area contributed by atoms with Crippen LogP contribution in [0.3, 0.4) is 0 Å². The molecule has 0 saturated heterocycles. The Balaban J connectivity index is 2.21. The largest absolute Gasteiger partial charge is 0.484 e. The lowest BCUT2D eigenvalue weighted by Gasteiger charge is -2.21. The zero-order valence-electron chi connectivity index (χ0n) is 13.9. The summed E-state index contributed by atoms with van der Waals surface area (Å²) in [5.74, 6) is 0.222. The molecule has 0 aliphatic carbocycles. The second-order valence-corrected chi connectivity index (χ2v) is 6.09. The molecule has 0 aliphatic heterocycles. The number of aromatic amines is 1. The molecule has 1 N–H and O–H groups in total. The fourth-order valence-corrected chi connectivity index (χ4v) is 2.75. The van der Waals surface area contributed by atoms with E-state index in [0.717, 1.165) is 5.56 Å². The predicted octanol–water partition coefficient (Wildman–Crippen LogP) is 3.62. The monoisotopic (exact) mass is 375 g/mol. The van der Waals surface area contributed by atoms with Gasteiger partial charge >= 0.3 is 6.18 Å². The van der Waals surface area contributed by atoms with E-state index in [0.29, 0.717) is 23.4 Å². The van der Waals surface area contributed by atoms with Crippen LogP contribution in [-0.4, -0.2) is 30.0 Å². The topological polar surface area (TPSA) is 58.2 Å². The molecule has 0 bridgehead atoms. The van der Waals surface area contributed by atoms with E-state index in [4.69, 9.17) is 16.3 Å². The van der Waals surface area contributed by atoms with Crippen LogP contribution < -0.4 is 15.2 Å². The minimum atomic E-state index is -4.39. The SMILES string of the molecule is Cc1cc(CN(C)c2cn[nH]c(=O)c2Cl)cc(C)c1OCC(F)(F)F. The molecule has 0 radical (unpaired) electrons. The Hall–Kier alpha value is -2.22. The first kappa shape index (κ1) is 19.1. The van der Waals surface area contributed by atoms with Gasteiger partial charge in [-0.25, -0.2) is 5.10 Å². The molecule has 0 fully saturated rings. The molecule has 0 spiro atoms. The number of H-pyrrole nitrogens is 1. The quantitative estimate of drug-likeness (QED) is 0.867. The summed E-state index contributed by atoms with van der Waals surface area (Å²) in [5, 5.41) is 5.98. The molecule has 9 heteroatoms. The van der Waals surface area contributed by atoms with Gasteiger partial charge in [0.1, 0.15) is 10.8 Å². The minimum Gasteiger partial charge on any atom is -0.484 e. The number of ether oxygens (including phenoxy) is 1. The normalized spacial score (nSPS) is 11.5. The zero-order valence-corrected chi connectivity index (χ0v) is 14.6. The van der Waals surface area contributed by atoms with Crippen molar-refractivity contribution in [2.24, 2.45) is 0 Å². The van der Waals surface area contributed by atoms with Crippen molar-refractivity contribution >= 4 is 17.3 Å². The minimum absolute atomic E-state index is 0.0241. The highest BCUT2D eigenvalue weighted by Crippen LogP contribution is 2.28. The number of aryl methyl sites for hydroxylation is 2. The van der Waals surface area contributed by atoms with Gasteiger partial charge in [0.2, 0.25) is 0 Å². The van der Waals surface area contributed by atoms with E-state index in [2.05, 4.69) is 10.2 Å². The summed E-state index contributed by atoms with van der Waals surface area (Å²) < 4.78 is 41.9. The van der Waals surface area contributed by atoms with Crippen LogP contribution in [0.1, 0.15) is 16.7 Å². The van der Waals surface area contributed by atoms with Gasteiger partial charge in [0.25, 0.3) is 5.56 Å². The van der Waals surface area contributed by atoms with Gasteiger partial charge < -0.3 is 9.64 Å². The Labute approximate surface area is 147 Å². The predicted molar refractivity (Wildman–Crippen MR) is 89.4 cm³/mol. The van der Waals surface area contributed by atoms with Crippen molar-refractivity contribution in [3.05, 3.63) is 50.4 Å². The van der Waals surface area contributed by atoms with Crippen molar-refractivity contribution in [1.29, 1.82) is 0 Å². The van der Waals surface area contributed by atoms with E-state index in [1.807, 2.05) is 0 Å². The lowest BCUT2D eigenvalue weighted by atomic mass is 10.1. The van der Waals surface area contributed by atoms with Crippen LogP contribution in [0.5, 0.6) is 5.75 Å². The fraction of sp³-hybridized carbons (Fsp3) is 0.375. The molecule has 0 unspecified atom stereocenters. The Bertz CT molecular complexity index is 798. The number of hydrogen-bond donors (Lipinski definition) is 1. The lowest BCUT2D eigenvalue weighted by Crippen LogP contribution is -2.21. The van der Waals surface area contributed by atoms with Gasteiger partial charge in [-0.3, -0.25) is 4.79 Å². The Kier molecular flexibility index (Phi) is 5.62. The lowest BCUT2D eigenvalue weighted by molar-refractivity contribution is -0.153. The van der Waals surface area contributed by atoms with Crippen LogP contribution in [0.2, 0.25) is 5.02 Å². The number of nitrogens with one attached hydrogen (secondary N) is 1. The van der Waals surface area contributed by atoms with E-state index >= 15 is 0 Å². The highest BCUT2D eigenvalue weighted by Gasteiger charge is 2.29. The van der Waals surface area contributed by atoms with Crippen LogP contribution in [0.4, 0.5) is 18.9 Å². The molecular formula is C16H17ClF3N3O2. The summed E-state index contributed by atoms with van der Waals surface area (Å²) in [7, 11) is 1.74. The molecule has 5 nitrogen and oxygen atoms in total. The summed E-state index contributed by atoms with van der Waals surface area (Å²) in [5.41, 5.74) is 2.01. The summed E-state index contributed by atoms with van der Waals surface area (Å²) in [6, 6.07) is 3.48. The number of anilines is 1. The Morgan fingerprint density at radius 2 is 1.88 bits per heavy atom. The number of halogens is 4. The van der Waals surface area contributed by atoms with Crippen molar-refractivity contribution < 1.29 is 17.9 Å². The van der Waals surface area contributed by atoms with E-state index in [-0.39, 0.29) is 10.8 Å². The third-order valence-electron chi connectivity index (χ3n) is 3.51. The number of rotatable bonds is 5. The number of aromatic nitrogens is 2. The van der Waals surface area contributed by atoms with Gasteiger partial charge in [0.05, 0.1) is 11.9 Å². The number of nitrogens with zero attached hydrogens (tertiary/aromatic N) is 2. The maximum atomic E-state index is 12.3. The molecule has 136 valence electrons. The van der Waals surface area contributed by atoms with Crippen LogP contribution >= 0.6 is 11.6 Å². The molecule has 0 saturated carbocycles. The number of alkyl halides is 3. The maximum absolute atomic E-state index is 12.3. The van der Waals surface area contributed by atoms with E-state index in [9.17, 15) is 18.0 Å². The average molecular weight is 376 g/mol. The highest BCUT2D eigenvalue weighted by molar-refractivity contribution is 6.32. The summed E-state index contributed by atoms with van der Waals surface area (Å²) in [4.78, 5) is 13.2. The first-order chi connectivity index (χ1) is 11.6. The molecule has 1 aromatic carbocycles. The Morgan fingerprint density at radius 1 is 1.28 bits per heavy atom. The standard InChI is InChI=1S/C16H17ClF3N3O2/c1-9-4-11(5-10(2)14(9)25-8-16(18,19)20)7-23(3)12-6-21-22-15(24)13(12)17/h4-6H,7-8H2,1-3H3,(H,22,24). The van der Waals surface area contributed by atoms with Crippen molar-refractivity contribution in [3.8, 4) is 5.75 Å². The highest BCUT2D eigenvalue weighted by atomic mass is 35.5. The number of benzene rings is 1. The first-order valence-electron chi connectivity index (χ1n) is 7.32. The average Bonchev–Trinajstić information content (AvgIpc) is 2.48. The summed E-state index contributed by atoms with van der Waals surface area (Å²) in [6.45, 7) is 2.43. The van der Waals surface area contributed by atoms with Crippen molar-refractivity contribution in [3.63, 3.8) is 0 Å².